The molecule has 0 spiro atoms. The molecule has 0 aliphatic rings. The molecule has 0 saturated heterocycles. The third-order valence-corrected chi connectivity index (χ3v) is 4.08. The van der Waals surface area contributed by atoms with Crippen LogP contribution in [-0.2, 0) is 10.5 Å². The van der Waals surface area contributed by atoms with E-state index in [9.17, 15) is 4.79 Å². The molecule has 1 N–H and O–H groups in total. The van der Waals surface area contributed by atoms with Gasteiger partial charge < -0.3 is 10.1 Å². The summed E-state index contributed by atoms with van der Waals surface area (Å²) in [6.07, 6.45) is 2.51. The molecule has 1 aromatic carbocycles. The number of thioether (sulfide) groups is 1. The van der Waals surface area contributed by atoms with Gasteiger partial charge in [-0.05, 0) is 36.2 Å². The lowest BCUT2D eigenvalue weighted by Crippen LogP contribution is -2.16. The Kier molecular flexibility index (Phi) is 7.12. The standard InChI is InChI=1S/C18H19N3O2S/c1-2-10-23-16-4-3-9-20-18(16)21-17(22)13-24-12-15-7-5-14(11-19)6-8-15/h3-9H,2,10,12-13H2,1H3,(H,20,21,22). The number of anilines is 1. The third-order valence-electron chi connectivity index (χ3n) is 3.08. The van der Waals surface area contributed by atoms with E-state index in [-0.39, 0.29) is 5.91 Å². The minimum atomic E-state index is -0.117. The van der Waals surface area contributed by atoms with Gasteiger partial charge in [0.2, 0.25) is 5.91 Å². The number of nitrogens with one attached hydrogen (secondary N) is 1. The molecule has 124 valence electrons. The second-order valence-electron chi connectivity index (χ2n) is 5.05. The molecule has 2 aromatic rings. The van der Waals surface area contributed by atoms with Crippen molar-refractivity contribution in [3.05, 3.63) is 53.7 Å². The largest absolute Gasteiger partial charge is 0.490 e. The van der Waals surface area contributed by atoms with Crippen LogP contribution in [0.15, 0.2) is 42.6 Å². The zero-order valence-corrected chi connectivity index (χ0v) is 14.3. The van der Waals surface area contributed by atoms with Crippen molar-refractivity contribution in [3.63, 3.8) is 0 Å². The first kappa shape index (κ1) is 17.8. The predicted molar refractivity (Wildman–Crippen MR) is 96.0 cm³/mol. The van der Waals surface area contributed by atoms with Crippen LogP contribution < -0.4 is 10.1 Å². The van der Waals surface area contributed by atoms with Crippen molar-refractivity contribution in [2.24, 2.45) is 0 Å². The Morgan fingerprint density at radius 3 is 2.83 bits per heavy atom. The number of hydrogen-bond acceptors (Lipinski definition) is 5. The number of rotatable bonds is 8. The molecule has 0 atom stereocenters. The molecule has 2 rings (SSSR count). The van der Waals surface area contributed by atoms with Gasteiger partial charge in [0.1, 0.15) is 0 Å². The number of nitrogens with zero attached hydrogens (tertiary/aromatic N) is 2. The van der Waals surface area contributed by atoms with Crippen LogP contribution in [-0.4, -0.2) is 23.3 Å². The Bertz CT molecular complexity index is 711. The number of ether oxygens (including phenoxy) is 1. The van der Waals surface area contributed by atoms with E-state index in [2.05, 4.69) is 16.4 Å². The van der Waals surface area contributed by atoms with Crippen LogP contribution in [0.3, 0.4) is 0 Å². The number of pyridine rings is 1. The molecule has 0 unspecified atom stereocenters. The molecule has 0 aliphatic carbocycles. The fourth-order valence-corrected chi connectivity index (χ4v) is 2.71. The Morgan fingerprint density at radius 2 is 2.12 bits per heavy atom. The average Bonchev–Trinajstić information content (AvgIpc) is 2.61. The van der Waals surface area contributed by atoms with Crippen LogP contribution in [0.4, 0.5) is 5.82 Å². The Hall–Kier alpha value is -2.52. The Balaban J connectivity index is 1.82. The molecule has 1 amide bonds. The van der Waals surface area contributed by atoms with Crippen molar-refractivity contribution in [1.82, 2.24) is 4.98 Å². The third kappa shape index (κ3) is 5.60. The monoisotopic (exact) mass is 341 g/mol. The molecule has 0 fully saturated rings. The molecule has 0 aliphatic heterocycles. The molecule has 0 radical (unpaired) electrons. The van der Waals surface area contributed by atoms with E-state index in [4.69, 9.17) is 10.00 Å². The van der Waals surface area contributed by atoms with Crippen molar-refractivity contribution in [2.75, 3.05) is 17.7 Å². The van der Waals surface area contributed by atoms with Gasteiger partial charge in [0.15, 0.2) is 11.6 Å². The lowest BCUT2D eigenvalue weighted by Gasteiger charge is -2.10. The zero-order valence-electron chi connectivity index (χ0n) is 13.5. The van der Waals surface area contributed by atoms with Crippen LogP contribution in [0.1, 0.15) is 24.5 Å². The molecule has 0 saturated carbocycles. The van der Waals surface area contributed by atoms with Gasteiger partial charge in [0.05, 0.1) is 24.0 Å². The zero-order chi connectivity index (χ0) is 17.2. The average molecular weight is 341 g/mol. The second-order valence-corrected chi connectivity index (χ2v) is 6.03. The summed E-state index contributed by atoms with van der Waals surface area (Å²) in [6.45, 7) is 2.61. The van der Waals surface area contributed by atoms with E-state index in [1.165, 1.54) is 11.8 Å². The van der Waals surface area contributed by atoms with Crippen LogP contribution in [0.5, 0.6) is 5.75 Å². The predicted octanol–water partition coefficient (Wildman–Crippen LogP) is 3.61. The number of carbonyl (C=O) groups is 1. The van der Waals surface area contributed by atoms with Gasteiger partial charge in [-0.2, -0.15) is 5.26 Å². The summed E-state index contributed by atoms with van der Waals surface area (Å²) in [6, 6.07) is 13.0. The van der Waals surface area contributed by atoms with Gasteiger partial charge in [0.25, 0.3) is 0 Å². The summed E-state index contributed by atoms with van der Waals surface area (Å²) >= 11 is 1.51. The summed E-state index contributed by atoms with van der Waals surface area (Å²) in [4.78, 5) is 16.2. The highest BCUT2D eigenvalue weighted by molar-refractivity contribution is 7.99. The number of aromatic nitrogens is 1. The number of hydrogen-bond donors (Lipinski definition) is 1. The summed E-state index contributed by atoms with van der Waals surface area (Å²) in [5.74, 6) is 1.96. The van der Waals surface area contributed by atoms with E-state index in [1.54, 1.807) is 30.5 Å². The molecule has 24 heavy (non-hydrogen) atoms. The van der Waals surface area contributed by atoms with Crippen molar-refractivity contribution in [1.29, 1.82) is 5.26 Å². The molecule has 1 heterocycles. The van der Waals surface area contributed by atoms with E-state index in [1.807, 2.05) is 19.1 Å². The Labute approximate surface area is 146 Å². The molecule has 6 heteroatoms. The highest BCUT2D eigenvalue weighted by Gasteiger charge is 2.09. The number of benzene rings is 1. The first-order valence-electron chi connectivity index (χ1n) is 7.67. The van der Waals surface area contributed by atoms with Crippen LogP contribution >= 0.6 is 11.8 Å². The van der Waals surface area contributed by atoms with E-state index >= 15 is 0 Å². The molecule has 1 aromatic heterocycles. The lowest BCUT2D eigenvalue weighted by atomic mass is 10.2. The van der Waals surface area contributed by atoms with Gasteiger partial charge in [-0.25, -0.2) is 4.98 Å². The fourth-order valence-electron chi connectivity index (χ4n) is 1.92. The lowest BCUT2D eigenvalue weighted by molar-refractivity contribution is -0.113. The SMILES string of the molecule is CCCOc1cccnc1NC(=O)CSCc1ccc(C#N)cc1. The summed E-state index contributed by atoms with van der Waals surface area (Å²) in [5, 5.41) is 11.6. The minimum Gasteiger partial charge on any atom is -0.490 e. The topological polar surface area (TPSA) is 75.0 Å². The molecule has 5 nitrogen and oxygen atoms in total. The second kappa shape index (κ2) is 9.58. The first-order valence-corrected chi connectivity index (χ1v) is 8.83. The van der Waals surface area contributed by atoms with Crippen molar-refractivity contribution < 1.29 is 9.53 Å². The van der Waals surface area contributed by atoms with Gasteiger partial charge in [-0.15, -0.1) is 11.8 Å². The smallest absolute Gasteiger partial charge is 0.235 e. The molecular formula is C18H19N3O2S. The van der Waals surface area contributed by atoms with E-state index < -0.39 is 0 Å². The van der Waals surface area contributed by atoms with Crippen molar-refractivity contribution >= 4 is 23.5 Å². The number of nitriles is 1. The summed E-state index contributed by atoms with van der Waals surface area (Å²) in [7, 11) is 0. The van der Waals surface area contributed by atoms with E-state index in [0.717, 1.165) is 12.0 Å². The minimum absolute atomic E-state index is 0.117. The normalized spacial score (nSPS) is 10.0. The first-order chi connectivity index (χ1) is 11.7. The Morgan fingerprint density at radius 1 is 1.33 bits per heavy atom. The van der Waals surface area contributed by atoms with Crippen LogP contribution in [0.25, 0.3) is 0 Å². The van der Waals surface area contributed by atoms with Gasteiger partial charge in [0, 0.05) is 11.9 Å². The van der Waals surface area contributed by atoms with E-state index in [0.29, 0.717) is 35.2 Å². The van der Waals surface area contributed by atoms with Gasteiger partial charge >= 0.3 is 0 Å². The van der Waals surface area contributed by atoms with Crippen LogP contribution in [0.2, 0.25) is 0 Å². The fraction of sp³-hybridized carbons (Fsp3) is 0.278. The molecule has 0 bridgehead atoms. The van der Waals surface area contributed by atoms with Crippen LogP contribution in [0, 0.1) is 11.3 Å². The molecular weight excluding hydrogens is 322 g/mol. The summed E-state index contributed by atoms with van der Waals surface area (Å²) in [5.41, 5.74) is 1.72. The maximum absolute atomic E-state index is 12.1. The number of carbonyl (C=O) groups excluding carboxylic acids is 1. The maximum atomic E-state index is 12.1. The quantitative estimate of drug-likeness (QED) is 0.794. The number of amides is 1. The maximum Gasteiger partial charge on any atom is 0.235 e. The highest BCUT2D eigenvalue weighted by Crippen LogP contribution is 2.21. The van der Waals surface area contributed by atoms with Crippen molar-refractivity contribution in [2.45, 2.75) is 19.1 Å². The van der Waals surface area contributed by atoms with Gasteiger partial charge in [-0.1, -0.05) is 19.1 Å². The van der Waals surface area contributed by atoms with Crippen molar-refractivity contribution in [3.8, 4) is 11.8 Å². The van der Waals surface area contributed by atoms with Gasteiger partial charge in [-0.3, -0.25) is 4.79 Å². The highest BCUT2D eigenvalue weighted by atomic mass is 32.2. The summed E-state index contributed by atoms with van der Waals surface area (Å²) < 4.78 is 5.57.